The third kappa shape index (κ3) is 2.96. The van der Waals surface area contributed by atoms with Crippen LogP contribution in [-0.2, 0) is 17.5 Å². The molecule has 0 aromatic heterocycles. The third-order valence-electron chi connectivity index (χ3n) is 1.88. The zero-order chi connectivity index (χ0) is 12.3. The van der Waals surface area contributed by atoms with Crippen LogP contribution < -0.4 is 0 Å². The van der Waals surface area contributed by atoms with Gasteiger partial charge in [0.2, 0.25) is 0 Å². The van der Waals surface area contributed by atoms with E-state index in [1.54, 1.807) is 0 Å². The summed E-state index contributed by atoms with van der Waals surface area (Å²) in [6.45, 7) is -0.0653. The first-order valence-electron chi connectivity index (χ1n) is 4.28. The lowest BCUT2D eigenvalue weighted by atomic mass is 10.1. The van der Waals surface area contributed by atoms with Gasteiger partial charge in [-0.2, -0.15) is 13.2 Å². The lowest BCUT2D eigenvalue weighted by Gasteiger charge is -2.10. The van der Waals surface area contributed by atoms with Crippen LogP contribution in [0.3, 0.4) is 0 Å². The van der Waals surface area contributed by atoms with Crippen LogP contribution in [0.15, 0.2) is 18.2 Å². The van der Waals surface area contributed by atoms with E-state index in [-0.39, 0.29) is 12.2 Å². The van der Waals surface area contributed by atoms with Crippen molar-refractivity contribution in [2.45, 2.75) is 12.8 Å². The summed E-state index contributed by atoms with van der Waals surface area (Å²) in [4.78, 5) is 10.6. The van der Waals surface area contributed by atoms with Gasteiger partial charge in [0.1, 0.15) is 0 Å². The number of rotatable bonds is 3. The first-order valence-corrected chi connectivity index (χ1v) is 4.28. The maximum atomic E-state index is 12.4. The van der Waals surface area contributed by atoms with Crippen LogP contribution in [0.5, 0.6) is 0 Å². The summed E-state index contributed by atoms with van der Waals surface area (Å²) in [5.41, 5.74) is -1.21. The van der Waals surface area contributed by atoms with E-state index in [4.69, 9.17) is 5.11 Å². The fraction of sp³-hybridized carbons (Fsp3) is 0.300. The summed E-state index contributed by atoms with van der Waals surface area (Å²) < 4.78 is 41.9. The maximum Gasteiger partial charge on any atom is 0.416 e. The van der Waals surface area contributed by atoms with Crippen LogP contribution in [0.25, 0.3) is 0 Å². The summed E-state index contributed by atoms with van der Waals surface area (Å²) in [7, 11) is 1.32. The number of carboxylic acids is 1. The predicted octanol–water partition coefficient (Wildman–Crippen LogP) is 2.55. The average Bonchev–Trinajstić information content (AvgIpc) is 2.16. The highest BCUT2D eigenvalue weighted by atomic mass is 19.4. The Morgan fingerprint density at radius 1 is 1.38 bits per heavy atom. The van der Waals surface area contributed by atoms with E-state index in [0.29, 0.717) is 6.07 Å². The van der Waals surface area contributed by atoms with Crippen LogP contribution in [-0.4, -0.2) is 18.2 Å². The van der Waals surface area contributed by atoms with Gasteiger partial charge in [-0.25, -0.2) is 4.79 Å². The number of ether oxygens (including phenoxy) is 1. The number of aromatic carboxylic acids is 1. The Morgan fingerprint density at radius 3 is 2.44 bits per heavy atom. The monoisotopic (exact) mass is 234 g/mol. The van der Waals surface area contributed by atoms with Crippen molar-refractivity contribution >= 4 is 5.97 Å². The maximum absolute atomic E-state index is 12.4. The van der Waals surface area contributed by atoms with Crippen LogP contribution in [0, 0.1) is 0 Å². The number of methoxy groups -OCH3 is 1. The molecule has 1 rings (SSSR count). The topological polar surface area (TPSA) is 46.5 Å². The minimum atomic E-state index is -4.56. The lowest BCUT2D eigenvalue weighted by molar-refractivity contribution is -0.137. The Kier molecular flexibility index (Phi) is 3.54. The molecule has 6 heteroatoms. The normalized spacial score (nSPS) is 11.5. The number of carboxylic acid groups (broad SMARTS) is 1. The van der Waals surface area contributed by atoms with E-state index in [9.17, 15) is 18.0 Å². The highest BCUT2D eigenvalue weighted by Gasteiger charge is 2.31. The predicted molar refractivity (Wildman–Crippen MR) is 49.1 cm³/mol. The summed E-state index contributed by atoms with van der Waals surface area (Å²) in [5, 5.41) is 8.66. The molecule has 0 saturated carbocycles. The zero-order valence-corrected chi connectivity index (χ0v) is 8.34. The van der Waals surface area contributed by atoms with Crippen LogP contribution in [0.1, 0.15) is 21.5 Å². The lowest BCUT2D eigenvalue weighted by Crippen LogP contribution is -2.09. The minimum Gasteiger partial charge on any atom is -0.478 e. The first-order chi connectivity index (χ1) is 7.34. The van der Waals surface area contributed by atoms with Crippen molar-refractivity contribution in [1.82, 2.24) is 0 Å². The number of hydrogen-bond donors (Lipinski definition) is 1. The molecule has 3 nitrogen and oxygen atoms in total. The highest BCUT2D eigenvalue weighted by Crippen LogP contribution is 2.30. The van der Waals surface area contributed by atoms with Gasteiger partial charge in [0.15, 0.2) is 0 Å². The van der Waals surface area contributed by atoms with Crippen molar-refractivity contribution in [3.05, 3.63) is 34.9 Å². The molecule has 1 N–H and O–H groups in total. The molecule has 0 unspecified atom stereocenters. The zero-order valence-electron chi connectivity index (χ0n) is 8.34. The molecule has 16 heavy (non-hydrogen) atoms. The Morgan fingerprint density at radius 2 is 2.00 bits per heavy atom. The van der Waals surface area contributed by atoms with Gasteiger partial charge in [-0.1, -0.05) is 0 Å². The number of benzene rings is 1. The van der Waals surface area contributed by atoms with Gasteiger partial charge in [-0.15, -0.1) is 0 Å². The number of halogens is 3. The van der Waals surface area contributed by atoms with E-state index in [2.05, 4.69) is 4.74 Å². The molecule has 0 atom stereocenters. The molecule has 0 fully saturated rings. The Hall–Kier alpha value is -1.56. The van der Waals surface area contributed by atoms with Gasteiger partial charge in [-0.3, -0.25) is 0 Å². The van der Waals surface area contributed by atoms with Crippen molar-refractivity contribution in [3.63, 3.8) is 0 Å². The molecular weight excluding hydrogens is 225 g/mol. The smallest absolute Gasteiger partial charge is 0.416 e. The Balaban J connectivity index is 3.24. The Labute approximate surface area is 89.5 Å². The van der Waals surface area contributed by atoms with Crippen LogP contribution in [0.2, 0.25) is 0 Å². The molecule has 0 spiro atoms. The SMILES string of the molecule is COCc1cc(C(=O)O)cc(C(F)(F)F)c1. The molecule has 0 aliphatic heterocycles. The number of hydrogen-bond acceptors (Lipinski definition) is 2. The number of carbonyl (C=O) groups is 1. The van der Waals surface area contributed by atoms with E-state index < -0.39 is 23.3 Å². The summed E-state index contributed by atoms with van der Waals surface area (Å²) in [6, 6.07) is 2.62. The van der Waals surface area contributed by atoms with Crippen LogP contribution in [0.4, 0.5) is 13.2 Å². The standard InChI is InChI=1S/C10H9F3O3/c1-16-5-6-2-7(9(14)15)4-8(3-6)10(11,12)13/h2-4H,5H2,1H3,(H,14,15). The fourth-order valence-electron chi connectivity index (χ4n) is 1.23. The quantitative estimate of drug-likeness (QED) is 0.874. The minimum absolute atomic E-state index is 0.0653. The average molecular weight is 234 g/mol. The third-order valence-corrected chi connectivity index (χ3v) is 1.88. The van der Waals surface area contributed by atoms with Gasteiger partial charge in [0.25, 0.3) is 0 Å². The molecule has 1 aromatic rings. The van der Waals surface area contributed by atoms with Gasteiger partial charge in [-0.05, 0) is 23.8 Å². The van der Waals surface area contributed by atoms with E-state index in [0.717, 1.165) is 12.1 Å². The first kappa shape index (κ1) is 12.5. The van der Waals surface area contributed by atoms with Crippen molar-refractivity contribution in [2.75, 3.05) is 7.11 Å². The summed E-state index contributed by atoms with van der Waals surface area (Å²) in [6.07, 6.45) is -4.56. The molecule has 0 bridgehead atoms. The summed E-state index contributed by atoms with van der Waals surface area (Å²) >= 11 is 0. The molecule has 0 heterocycles. The van der Waals surface area contributed by atoms with Crippen molar-refractivity contribution in [2.24, 2.45) is 0 Å². The molecule has 0 amide bonds. The molecule has 0 aliphatic carbocycles. The number of alkyl halides is 3. The molecule has 0 saturated heterocycles. The van der Waals surface area contributed by atoms with Crippen LogP contribution >= 0.6 is 0 Å². The Bertz CT molecular complexity index is 399. The second-order valence-electron chi connectivity index (χ2n) is 3.15. The fourth-order valence-corrected chi connectivity index (χ4v) is 1.23. The summed E-state index contributed by atoms with van der Waals surface area (Å²) in [5.74, 6) is -1.40. The van der Waals surface area contributed by atoms with Crippen molar-refractivity contribution in [3.8, 4) is 0 Å². The van der Waals surface area contributed by atoms with E-state index >= 15 is 0 Å². The molecule has 88 valence electrons. The van der Waals surface area contributed by atoms with Gasteiger partial charge >= 0.3 is 12.1 Å². The van der Waals surface area contributed by atoms with Gasteiger partial charge in [0.05, 0.1) is 17.7 Å². The molecule has 0 radical (unpaired) electrons. The molecule has 1 aromatic carbocycles. The second kappa shape index (κ2) is 4.52. The molecular formula is C10H9F3O3. The van der Waals surface area contributed by atoms with E-state index in [1.165, 1.54) is 7.11 Å². The van der Waals surface area contributed by atoms with Gasteiger partial charge < -0.3 is 9.84 Å². The largest absolute Gasteiger partial charge is 0.478 e. The van der Waals surface area contributed by atoms with Crippen molar-refractivity contribution < 1.29 is 27.8 Å². The molecule has 0 aliphatic rings. The van der Waals surface area contributed by atoms with Gasteiger partial charge in [0, 0.05) is 7.11 Å². The van der Waals surface area contributed by atoms with E-state index in [1.807, 2.05) is 0 Å². The van der Waals surface area contributed by atoms with Crippen molar-refractivity contribution in [1.29, 1.82) is 0 Å². The second-order valence-corrected chi connectivity index (χ2v) is 3.15. The highest BCUT2D eigenvalue weighted by molar-refractivity contribution is 5.88.